The minimum absolute atomic E-state index is 0.0655. The number of amides is 1. The highest BCUT2D eigenvalue weighted by atomic mass is 16.6. The van der Waals surface area contributed by atoms with Crippen LogP contribution in [0.1, 0.15) is 33.6 Å². The summed E-state index contributed by atoms with van der Waals surface area (Å²) in [6.45, 7) is 5.41. The van der Waals surface area contributed by atoms with Crippen LogP contribution < -0.4 is 0 Å². The molecule has 0 spiro atoms. The number of ether oxygens (including phenoxy) is 2. The summed E-state index contributed by atoms with van der Waals surface area (Å²) >= 11 is 0. The number of nitrogens with zero attached hydrogens (tertiary/aromatic N) is 1. The Labute approximate surface area is 123 Å². The number of hydrogen-bond acceptors (Lipinski definition) is 5. The van der Waals surface area contributed by atoms with Gasteiger partial charge in [0.05, 0.1) is 17.9 Å². The van der Waals surface area contributed by atoms with Gasteiger partial charge in [0, 0.05) is 13.1 Å². The second-order valence-electron chi connectivity index (χ2n) is 7.05. The van der Waals surface area contributed by atoms with Gasteiger partial charge < -0.3 is 19.5 Å². The van der Waals surface area contributed by atoms with Gasteiger partial charge in [0.15, 0.2) is 0 Å². The summed E-state index contributed by atoms with van der Waals surface area (Å²) in [5.41, 5.74) is -2.65. The van der Waals surface area contributed by atoms with Crippen molar-refractivity contribution in [2.45, 2.75) is 39.2 Å². The van der Waals surface area contributed by atoms with E-state index in [-0.39, 0.29) is 25.9 Å². The first-order valence-electron chi connectivity index (χ1n) is 6.83. The number of esters is 1. The zero-order valence-electron chi connectivity index (χ0n) is 12.8. The number of carboxylic acids is 1. The molecular weight excluding hydrogens is 278 g/mol. The third-order valence-corrected chi connectivity index (χ3v) is 4.06. The van der Waals surface area contributed by atoms with Crippen LogP contribution in [0.5, 0.6) is 0 Å². The fourth-order valence-corrected chi connectivity index (χ4v) is 3.35. The van der Waals surface area contributed by atoms with Gasteiger partial charge in [0.25, 0.3) is 0 Å². The molecule has 21 heavy (non-hydrogen) atoms. The molecule has 7 heteroatoms. The van der Waals surface area contributed by atoms with Gasteiger partial charge in [-0.3, -0.25) is 9.59 Å². The first kappa shape index (κ1) is 15.6. The van der Waals surface area contributed by atoms with E-state index in [9.17, 15) is 19.5 Å². The fourth-order valence-electron chi connectivity index (χ4n) is 3.35. The van der Waals surface area contributed by atoms with Crippen molar-refractivity contribution >= 4 is 18.0 Å². The number of fused-ring (bicyclic) bond motifs is 2. The number of aliphatic carboxylic acids is 1. The van der Waals surface area contributed by atoms with E-state index in [2.05, 4.69) is 0 Å². The van der Waals surface area contributed by atoms with Gasteiger partial charge in [-0.05, 0) is 33.6 Å². The van der Waals surface area contributed by atoms with Crippen molar-refractivity contribution in [1.82, 2.24) is 4.90 Å². The van der Waals surface area contributed by atoms with Crippen molar-refractivity contribution in [3.8, 4) is 0 Å². The van der Waals surface area contributed by atoms with Gasteiger partial charge >= 0.3 is 18.0 Å². The molecule has 0 aromatic rings. The molecule has 0 unspecified atom stereocenters. The maximum atomic E-state index is 12.2. The second kappa shape index (κ2) is 4.61. The monoisotopic (exact) mass is 299 g/mol. The van der Waals surface area contributed by atoms with E-state index in [1.807, 2.05) is 0 Å². The highest BCUT2D eigenvalue weighted by Gasteiger charge is 2.68. The number of piperidine rings is 2. The van der Waals surface area contributed by atoms with Gasteiger partial charge in [-0.1, -0.05) is 0 Å². The lowest BCUT2D eigenvalue weighted by molar-refractivity contribution is -0.198. The molecular formula is C14H21NO6. The zero-order chi connectivity index (χ0) is 16.1. The van der Waals surface area contributed by atoms with E-state index >= 15 is 0 Å². The van der Waals surface area contributed by atoms with Crippen molar-refractivity contribution in [3.63, 3.8) is 0 Å². The molecule has 1 aliphatic carbocycles. The Morgan fingerprint density at radius 1 is 1.10 bits per heavy atom. The highest BCUT2D eigenvalue weighted by Crippen LogP contribution is 2.59. The Balaban J connectivity index is 2.20. The molecule has 2 aliphatic heterocycles. The number of carboxylic acid groups (broad SMARTS) is 1. The fraction of sp³-hybridized carbons (Fsp3) is 0.786. The minimum atomic E-state index is -1.07. The number of carbonyl (C=O) groups excluding carboxylic acids is 2. The van der Waals surface area contributed by atoms with Crippen LogP contribution in [-0.2, 0) is 19.1 Å². The third kappa shape index (κ3) is 2.56. The first-order valence-corrected chi connectivity index (χ1v) is 6.83. The van der Waals surface area contributed by atoms with Crippen LogP contribution in [0.15, 0.2) is 0 Å². The normalized spacial score (nSPS) is 31.1. The number of carbonyl (C=O) groups is 3. The van der Waals surface area contributed by atoms with E-state index in [1.54, 1.807) is 20.8 Å². The lowest BCUT2D eigenvalue weighted by Crippen LogP contribution is -2.69. The van der Waals surface area contributed by atoms with Crippen molar-refractivity contribution in [2.24, 2.45) is 10.8 Å². The van der Waals surface area contributed by atoms with E-state index in [0.717, 1.165) is 0 Å². The van der Waals surface area contributed by atoms with Gasteiger partial charge in [-0.2, -0.15) is 0 Å². The summed E-state index contributed by atoms with van der Waals surface area (Å²) in [5.74, 6) is -1.46. The lowest BCUT2D eigenvalue weighted by atomic mass is 9.49. The smallest absolute Gasteiger partial charge is 0.410 e. The summed E-state index contributed by atoms with van der Waals surface area (Å²) in [5, 5.41) is 9.41. The number of hydrogen-bond donors (Lipinski definition) is 1. The molecule has 0 radical (unpaired) electrons. The minimum Gasteiger partial charge on any atom is -0.481 e. The van der Waals surface area contributed by atoms with Crippen molar-refractivity contribution in [1.29, 1.82) is 0 Å². The molecule has 3 rings (SSSR count). The molecule has 3 fully saturated rings. The molecule has 0 atom stereocenters. The molecule has 1 saturated carbocycles. The summed E-state index contributed by atoms with van der Waals surface area (Å²) in [6.07, 6.45) is -0.177. The molecule has 2 heterocycles. The molecule has 0 aromatic carbocycles. The van der Waals surface area contributed by atoms with Crippen LogP contribution in [0.25, 0.3) is 0 Å². The predicted octanol–water partition coefficient (Wildman–Crippen LogP) is 1.26. The van der Waals surface area contributed by atoms with Crippen LogP contribution in [-0.4, -0.2) is 53.8 Å². The van der Waals surface area contributed by atoms with Crippen LogP contribution in [0.3, 0.4) is 0 Å². The van der Waals surface area contributed by atoms with Crippen LogP contribution >= 0.6 is 0 Å². The molecule has 0 aromatic heterocycles. The highest BCUT2D eigenvalue weighted by molar-refractivity contribution is 5.87. The quantitative estimate of drug-likeness (QED) is 0.772. The van der Waals surface area contributed by atoms with Crippen molar-refractivity contribution < 1.29 is 29.0 Å². The SMILES string of the molecule is COC(=O)C12CN(C(=O)OC(C)(C)C)CC(C(=O)O)(C1)C2. The molecule has 2 saturated heterocycles. The summed E-state index contributed by atoms with van der Waals surface area (Å²) in [6, 6.07) is 0. The van der Waals surface area contributed by atoms with Gasteiger partial charge in [-0.25, -0.2) is 4.79 Å². The molecule has 7 nitrogen and oxygen atoms in total. The third-order valence-electron chi connectivity index (χ3n) is 4.06. The van der Waals surface area contributed by atoms with Crippen LogP contribution in [0.4, 0.5) is 4.79 Å². The van der Waals surface area contributed by atoms with E-state index in [1.165, 1.54) is 12.0 Å². The topological polar surface area (TPSA) is 93.1 Å². The predicted molar refractivity (Wildman–Crippen MR) is 71.6 cm³/mol. The van der Waals surface area contributed by atoms with Crippen molar-refractivity contribution in [3.05, 3.63) is 0 Å². The van der Waals surface area contributed by atoms with E-state index < -0.39 is 34.5 Å². The van der Waals surface area contributed by atoms with Gasteiger partial charge in [-0.15, -0.1) is 0 Å². The number of rotatable bonds is 2. The molecule has 2 bridgehead atoms. The van der Waals surface area contributed by atoms with Crippen LogP contribution in [0, 0.1) is 10.8 Å². The van der Waals surface area contributed by atoms with Crippen molar-refractivity contribution in [2.75, 3.05) is 20.2 Å². The Morgan fingerprint density at radius 2 is 1.62 bits per heavy atom. The zero-order valence-corrected chi connectivity index (χ0v) is 12.8. The van der Waals surface area contributed by atoms with Gasteiger partial charge in [0.1, 0.15) is 5.60 Å². The van der Waals surface area contributed by atoms with Gasteiger partial charge in [0.2, 0.25) is 0 Å². The average molecular weight is 299 g/mol. The lowest BCUT2D eigenvalue weighted by Gasteiger charge is -2.59. The maximum Gasteiger partial charge on any atom is 0.410 e. The summed E-state index contributed by atoms with van der Waals surface area (Å²) in [7, 11) is 1.27. The first-order chi connectivity index (χ1) is 9.54. The largest absolute Gasteiger partial charge is 0.481 e. The molecule has 118 valence electrons. The Morgan fingerprint density at radius 3 is 2.05 bits per heavy atom. The Bertz CT molecular complexity index is 486. The standard InChI is InChI=1S/C14H21NO6/c1-12(2,3)21-11(19)15-7-13(9(16)17)5-14(6-13,8-15)10(18)20-4/h5-8H2,1-4H3,(H,16,17). The average Bonchev–Trinajstić information content (AvgIpc) is 2.34. The Kier molecular flexibility index (Phi) is 3.42. The number of methoxy groups -OCH3 is 1. The molecule has 3 aliphatic rings. The molecule has 1 N–H and O–H groups in total. The summed E-state index contributed by atoms with van der Waals surface area (Å²) < 4.78 is 10.0. The maximum absolute atomic E-state index is 12.2. The molecule has 1 amide bonds. The second-order valence-corrected chi connectivity index (χ2v) is 7.05. The Hall–Kier alpha value is -1.79. The van der Waals surface area contributed by atoms with Crippen LogP contribution in [0.2, 0.25) is 0 Å². The summed E-state index contributed by atoms with van der Waals surface area (Å²) in [4.78, 5) is 36.9. The van der Waals surface area contributed by atoms with E-state index in [0.29, 0.717) is 0 Å². The van der Waals surface area contributed by atoms with E-state index in [4.69, 9.17) is 9.47 Å².